The Morgan fingerprint density at radius 3 is 2.86 bits per heavy atom. The molecule has 1 heterocycles. The summed E-state index contributed by atoms with van der Waals surface area (Å²) in [6.07, 6.45) is 0.987. The molecule has 0 aliphatic carbocycles. The van der Waals surface area contributed by atoms with Gasteiger partial charge in [0.1, 0.15) is 5.75 Å². The van der Waals surface area contributed by atoms with Crippen LogP contribution in [0.2, 0.25) is 0 Å². The summed E-state index contributed by atoms with van der Waals surface area (Å²) >= 11 is 0. The van der Waals surface area contributed by atoms with Gasteiger partial charge in [0.25, 0.3) is 5.91 Å². The second-order valence-electron chi connectivity index (χ2n) is 5.60. The fourth-order valence-corrected chi connectivity index (χ4v) is 2.61. The van der Waals surface area contributed by atoms with E-state index in [4.69, 9.17) is 10.5 Å². The zero-order valence-electron chi connectivity index (χ0n) is 12.5. The van der Waals surface area contributed by atoms with Crippen molar-refractivity contribution in [1.29, 1.82) is 0 Å². The van der Waals surface area contributed by atoms with Crippen molar-refractivity contribution in [3.05, 3.63) is 29.8 Å². The topological polar surface area (TPSA) is 72.6 Å². The number of rotatable bonds is 4. The van der Waals surface area contributed by atoms with Crippen LogP contribution < -0.4 is 10.5 Å². The molecular weight excluding hydrogens is 268 g/mol. The number of carbonyl (C=O) groups excluding carboxylic acids is 2. The van der Waals surface area contributed by atoms with Crippen LogP contribution in [0.4, 0.5) is 0 Å². The van der Waals surface area contributed by atoms with Crippen molar-refractivity contribution >= 4 is 11.8 Å². The van der Waals surface area contributed by atoms with Crippen LogP contribution in [-0.4, -0.2) is 35.9 Å². The van der Waals surface area contributed by atoms with E-state index in [0.717, 1.165) is 18.4 Å². The first-order valence-corrected chi connectivity index (χ1v) is 7.29. The summed E-state index contributed by atoms with van der Waals surface area (Å²) in [4.78, 5) is 25.4. The van der Waals surface area contributed by atoms with Crippen LogP contribution >= 0.6 is 0 Å². The number of nitrogens with zero attached hydrogens (tertiary/aromatic N) is 1. The Balaban J connectivity index is 1.97. The van der Waals surface area contributed by atoms with Crippen molar-refractivity contribution in [3.8, 4) is 5.75 Å². The van der Waals surface area contributed by atoms with E-state index in [-0.39, 0.29) is 17.7 Å². The van der Waals surface area contributed by atoms with Crippen molar-refractivity contribution in [2.24, 2.45) is 11.7 Å². The molecule has 1 aliphatic rings. The maximum atomic E-state index is 12.4. The van der Waals surface area contributed by atoms with Crippen molar-refractivity contribution in [2.75, 3.05) is 13.1 Å². The Morgan fingerprint density at radius 2 is 2.19 bits per heavy atom. The first-order chi connectivity index (χ1) is 9.97. The van der Waals surface area contributed by atoms with Gasteiger partial charge < -0.3 is 15.4 Å². The highest BCUT2D eigenvalue weighted by Crippen LogP contribution is 2.19. The predicted octanol–water partition coefficient (Wildman–Crippen LogP) is 1.49. The molecule has 2 rings (SSSR count). The van der Waals surface area contributed by atoms with Crippen LogP contribution in [0.5, 0.6) is 5.75 Å². The lowest BCUT2D eigenvalue weighted by Crippen LogP contribution is -2.48. The van der Waals surface area contributed by atoms with E-state index < -0.39 is 6.10 Å². The molecule has 5 heteroatoms. The van der Waals surface area contributed by atoms with Crippen molar-refractivity contribution in [1.82, 2.24) is 4.90 Å². The number of benzene rings is 1. The van der Waals surface area contributed by atoms with Crippen molar-refractivity contribution < 1.29 is 14.3 Å². The molecule has 0 aromatic heterocycles. The zero-order chi connectivity index (χ0) is 15.4. The molecule has 2 N–H and O–H groups in total. The van der Waals surface area contributed by atoms with E-state index in [1.54, 1.807) is 11.8 Å². The average molecular weight is 290 g/mol. The molecule has 2 amide bonds. The zero-order valence-corrected chi connectivity index (χ0v) is 12.5. The van der Waals surface area contributed by atoms with Gasteiger partial charge in [0, 0.05) is 13.1 Å². The highest BCUT2D eigenvalue weighted by Gasteiger charge is 2.30. The monoisotopic (exact) mass is 290 g/mol. The maximum absolute atomic E-state index is 12.4. The third kappa shape index (κ3) is 3.97. The van der Waals surface area contributed by atoms with Gasteiger partial charge in [-0.1, -0.05) is 12.1 Å². The third-order valence-electron chi connectivity index (χ3n) is 3.79. The molecule has 0 radical (unpaired) electrons. The molecule has 1 fully saturated rings. The Bertz CT molecular complexity index is 530. The van der Waals surface area contributed by atoms with Crippen LogP contribution in [0, 0.1) is 12.8 Å². The number of hydrogen-bond donors (Lipinski definition) is 1. The van der Waals surface area contributed by atoms with E-state index >= 15 is 0 Å². The molecule has 114 valence electrons. The van der Waals surface area contributed by atoms with Crippen LogP contribution in [0.25, 0.3) is 0 Å². The SMILES string of the molecule is Cc1cccc(OC(C)C(=O)N2CCCC(C(N)=O)C2)c1. The Hall–Kier alpha value is -2.04. The predicted molar refractivity (Wildman–Crippen MR) is 79.8 cm³/mol. The van der Waals surface area contributed by atoms with Crippen LogP contribution in [-0.2, 0) is 9.59 Å². The van der Waals surface area contributed by atoms with E-state index in [2.05, 4.69) is 0 Å². The van der Waals surface area contributed by atoms with Crippen molar-refractivity contribution in [2.45, 2.75) is 32.8 Å². The van der Waals surface area contributed by atoms with Crippen LogP contribution in [0.15, 0.2) is 24.3 Å². The molecule has 1 aromatic rings. The van der Waals surface area contributed by atoms with Gasteiger partial charge >= 0.3 is 0 Å². The fourth-order valence-electron chi connectivity index (χ4n) is 2.61. The van der Waals surface area contributed by atoms with Gasteiger partial charge in [-0.25, -0.2) is 0 Å². The maximum Gasteiger partial charge on any atom is 0.263 e. The normalized spacial score (nSPS) is 19.9. The number of ether oxygens (including phenoxy) is 1. The van der Waals surface area contributed by atoms with Crippen molar-refractivity contribution in [3.63, 3.8) is 0 Å². The second-order valence-corrected chi connectivity index (χ2v) is 5.60. The van der Waals surface area contributed by atoms with E-state index in [1.165, 1.54) is 0 Å². The Morgan fingerprint density at radius 1 is 1.43 bits per heavy atom. The minimum Gasteiger partial charge on any atom is -0.481 e. The minimum absolute atomic E-state index is 0.0949. The average Bonchev–Trinajstić information content (AvgIpc) is 2.46. The first kappa shape index (κ1) is 15.4. The lowest BCUT2D eigenvalue weighted by Gasteiger charge is -2.32. The molecular formula is C16H22N2O3. The highest BCUT2D eigenvalue weighted by molar-refractivity contribution is 5.83. The summed E-state index contributed by atoms with van der Waals surface area (Å²) in [5.74, 6) is 0.00962. The summed E-state index contributed by atoms with van der Waals surface area (Å²) < 4.78 is 5.70. The van der Waals surface area contributed by atoms with E-state index in [9.17, 15) is 9.59 Å². The summed E-state index contributed by atoms with van der Waals surface area (Å²) in [6, 6.07) is 7.60. The smallest absolute Gasteiger partial charge is 0.263 e. The fraction of sp³-hybridized carbons (Fsp3) is 0.500. The third-order valence-corrected chi connectivity index (χ3v) is 3.79. The molecule has 5 nitrogen and oxygen atoms in total. The number of primary amides is 1. The highest BCUT2D eigenvalue weighted by atomic mass is 16.5. The number of amides is 2. The van der Waals surface area contributed by atoms with Gasteiger partial charge in [-0.15, -0.1) is 0 Å². The summed E-state index contributed by atoms with van der Waals surface area (Å²) in [5, 5.41) is 0. The molecule has 21 heavy (non-hydrogen) atoms. The van der Waals surface area contributed by atoms with Crippen LogP contribution in [0.1, 0.15) is 25.3 Å². The minimum atomic E-state index is -0.571. The Kier molecular flexibility index (Phi) is 4.83. The summed E-state index contributed by atoms with van der Waals surface area (Å²) in [5.41, 5.74) is 6.42. The molecule has 0 saturated carbocycles. The van der Waals surface area contributed by atoms with Gasteiger partial charge in [0.15, 0.2) is 6.10 Å². The molecule has 1 aliphatic heterocycles. The molecule has 2 unspecified atom stereocenters. The van der Waals surface area contributed by atoms with E-state index in [0.29, 0.717) is 18.8 Å². The number of carbonyl (C=O) groups is 2. The van der Waals surface area contributed by atoms with Gasteiger partial charge in [-0.3, -0.25) is 9.59 Å². The number of piperidine rings is 1. The first-order valence-electron chi connectivity index (χ1n) is 7.29. The molecule has 1 saturated heterocycles. The largest absolute Gasteiger partial charge is 0.481 e. The van der Waals surface area contributed by atoms with Gasteiger partial charge in [-0.2, -0.15) is 0 Å². The quantitative estimate of drug-likeness (QED) is 0.913. The van der Waals surface area contributed by atoms with Gasteiger partial charge in [0.2, 0.25) is 5.91 Å². The van der Waals surface area contributed by atoms with Gasteiger partial charge in [0.05, 0.1) is 5.92 Å². The number of aryl methyl sites for hydroxylation is 1. The van der Waals surface area contributed by atoms with Gasteiger partial charge in [-0.05, 0) is 44.4 Å². The number of nitrogens with two attached hydrogens (primary N) is 1. The Labute approximate surface area is 125 Å². The van der Waals surface area contributed by atoms with E-state index in [1.807, 2.05) is 31.2 Å². The molecule has 2 atom stereocenters. The molecule has 0 spiro atoms. The lowest BCUT2D eigenvalue weighted by molar-refractivity contribution is -0.141. The summed E-state index contributed by atoms with van der Waals surface area (Å²) in [6.45, 7) is 4.76. The van der Waals surface area contributed by atoms with Crippen LogP contribution in [0.3, 0.4) is 0 Å². The number of likely N-dealkylation sites (tertiary alicyclic amines) is 1. The standard InChI is InChI=1S/C16H22N2O3/c1-11-5-3-7-14(9-11)21-12(2)16(20)18-8-4-6-13(10-18)15(17)19/h3,5,7,9,12-13H,4,6,8,10H2,1-2H3,(H2,17,19). The summed E-state index contributed by atoms with van der Waals surface area (Å²) in [7, 11) is 0. The second kappa shape index (κ2) is 6.61. The lowest BCUT2D eigenvalue weighted by atomic mass is 9.97. The number of hydrogen-bond acceptors (Lipinski definition) is 3. The molecule has 1 aromatic carbocycles. The molecule has 0 bridgehead atoms.